The van der Waals surface area contributed by atoms with E-state index in [1.54, 1.807) is 12.5 Å². The minimum Gasteiger partial charge on any atom is -0.445 e. The lowest BCUT2D eigenvalue weighted by atomic mass is 9.96. The van der Waals surface area contributed by atoms with Crippen molar-refractivity contribution < 1.29 is 9.21 Å². The van der Waals surface area contributed by atoms with Crippen molar-refractivity contribution in [2.75, 3.05) is 0 Å². The number of Topliss-reactive ketones (excluding diaryl/α,β-unsaturated/α-hetero) is 1. The number of hydrogen-bond acceptors (Lipinski definition) is 3. The topological polar surface area (TPSA) is 43.1 Å². The van der Waals surface area contributed by atoms with Gasteiger partial charge >= 0.3 is 0 Å². The Bertz CT molecular complexity index is 859. The summed E-state index contributed by atoms with van der Waals surface area (Å²) in [6, 6.07) is 14.5. The highest BCUT2D eigenvalue weighted by molar-refractivity contribution is 5.85. The highest BCUT2D eigenvalue weighted by atomic mass is 16.3. The van der Waals surface area contributed by atoms with Gasteiger partial charge in [-0.2, -0.15) is 0 Å². The summed E-state index contributed by atoms with van der Waals surface area (Å²) in [5.41, 5.74) is 5.56. The van der Waals surface area contributed by atoms with Gasteiger partial charge in [-0.3, -0.25) is 4.79 Å². The fraction of sp³-hybridized carbons (Fsp3) is 0.238. The smallest absolute Gasteiger partial charge is 0.225 e. The molecule has 0 atom stereocenters. The second-order valence-corrected chi connectivity index (χ2v) is 6.48. The van der Waals surface area contributed by atoms with E-state index in [0.29, 0.717) is 24.0 Å². The van der Waals surface area contributed by atoms with Crippen molar-refractivity contribution >= 4 is 5.78 Å². The molecule has 3 aromatic rings. The fourth-order valence-corrected chi connectivity index (χ4v) is 2.99. The van der Waals surface area contributed by atoms with E-state index >= 15 is 0 Å². The molecular formula is C21H19NO2. The Hall–Kier alpha value is -2.68. The molecule has 0 unspecified atom stereocenters. The molecule has 3 heteroatoms. The quantitative estimate of drug-likeness (QED) is 0.676. The second-order valence-electron chi connectivity index (χ2n) is 6.48. The number of carbonyl (C=O) groups is 1. The lowest BCUT2D eigenvalue weighted by Gasteiger charge is -2.09. The van der Waals surface area contributed by atoms with Crippen LogP contribution in [0.25, 0.3) is 22.6 Å². The van der Waals surface area contributed by atoms with Crippen LogP contribution in [0.1, 0.15) is 24.0 Å². The molecule has 1 fully saturated rings. The number of hydrogen-bond donors (Lipinski definition) is 0. The second kappa shape index (κ2) is 6.08. The number of oxazole rings is 1. The first kappa shape index (κ1) is 14.9. The summed E-state index contributed by atoms with van der Waals surface area (Å²) < 4.78 is 5.39. The average Bonchev–Trinajstić information content (AvgIpc) is 3.31. The molecule has 0 radical (unpaired) electrons. The van der Waals surface area contributed by atoms with Gasteiger partial charge in [0.2, 0.25) is 5.89 Å². The van der Waals surface area contributed by atoms with Gasteiger partial charge in [0.15, 0.2) is 0 Å². The third-order valence-electron chi connectivity index (χ3n) is 4.59. The Morgan fingerprint density at radius 3 is 2.54 bits per heavy atom. The zero-order valence-corrected chi connectivity index (χ0v) is 13.7. The first-order valence-corrected chi connectivity index (χ1v) is 8.33. The number of nitrogens with zero attached hydrogens (tertiary/aromatic N) is 1. The zero-order chi connectivity index (χ0) is 16.5. The molecule has 2 aromatic carbocycles. The number of aromatic nitrogens is 1. The maximum Gasteiger partial charge on any atom is 0.225 e. The van der Waals surface area contributed by atoms with Crippen LogP contribution in [0.2, 0.25) is 0 Å². The number of benzene rings is 2. The van der Waals surface area contributed by atoms with Crippen LogP contribution in [-0.2, 0) is 11.2 Å². The van der Waals surface area contributed by atoms with Crippen LogP contribution in [0.15, 0.2) is 59.3 Å². The third-order valence-corrected chi connectivity index (χ3v) is 4.59. The normalized spacial score (nSPS) is 13.9. The SMILES string of the molecule is Cc1ccc(-c2ncco2)cc1-c1ccc(CC(=O)C2CC2)cc1. The summed E-state index contributed by atoms with van der Waals surface area (Å²) in [5.74, 6) is 1.33. The van der Waals surface area contributed by atoms with Gasteiger partial charge in [-0.15, -0.1) is 0 Å². The molecule has 1 heterocycles. The van der Waals surface area contributed by atoms with E-state index in [-0.39, 0.29) is 0 Å². The first-order chi connectivity index (χ1) is 11.7. The van der Waals surface area contributed by atoms with E-state index in [4.69, 9.17) is 4.42 Å². The molecule has 1 saturated carbocycles. The van der Waals surface area contributed by atoms with Crippen LogP contribution >= 0.6 is 0 Å². The number of aryl methyl sites for hydroxylation is 1. The summed E-state index contributed by atoms with van der Waals surface area (Å²) in [4.78, 5) is 16.2. The van der Waals surface area contributed by atoms with Gasteiger partial charge < -0.3 is 4.42 Å². The van der Waals surface area contributed by atoms with Crippen LogP contribution in [0.4, 0.5) is 0 Å². The molecule has 3 nitrogen and oxygen atoms in total. The van der Waals surface area contributed by atoms with E-state index in [1.165, 1.54) is 5.56 Å². The van der Waals surface area contributed by atoms with E-state index in [0.717, 1.165) is 35.1 Å². The van der Waals surface area contributed by atoms with Gasteiger partial charge in [-0.25, -0.2) is 4.98 Å². The molecule has 0 aliphatic heterocycles. The molecule has 24 heavy (non-hydrogen) atoms. The molecule has 0 saturated heterocycles. The van der Waals surface area contributed by atoms with Crippen molar-refractivity contribution in [3.05, 3.63) is 66.1 Å². The van der Waals surface area contributed by atoms with Crippen molar-refractivity contribution in [2.45, 2.75) is 26.2 Å². The monoisotopic (exact) mass is 317 g/mol. The number of carbonyl (C=O) groups excluding carboxylic acids is 1. The molecule has 0 N–H and O–H groups in total. The summed E-state index contributed by atoms with van der Waals surface area (Å²) >= 11 is 0. The fourth-order valence-electron chi connectivity index (χ4n) is 2.99. The molecule has 1 aliphatic rings. The first-order valence-electron chi connectivity index (χ1n) is 8.33. The van der Waals surface area contributed by atoms with Gasteiger partial charge in [-0.1, -0.05) is 30.3 Å². The van der Waals surface area contributed by atoms with E-state index < -0.39 is 0 Å². The van der Waals surface area contributed by atoms with Gasteiger partial charge in [-0.05, 0) is 54.2 Å². The van der Waals surface area contributed by atoms with Crippen molar-refractivity contribution in [1.29, 1.82) is 0 Å². The van der Waals surface area contributed by atoms with Gasteiger partial charge in [0.05, 0.1) is 6.20 Å². The van der Waals surface area contributed by atoms with Crippen LogP contribution < -0.4 is 0 Å². The number of rotatable bonds is 5. The molecule has 1 aromatic heterocycles. The molecule has 4 rings (SSSR count). The van der Waals surface area contributed by atoms with Crippen molar-refractivity contribution in [3.63, 3.8) is 0 Å². The molecule has 1 aliphatic carbocycles. The van der Waals surface area contributed by atoms with Gasteiger partial charge in [0, 0.05) is 17.9 Å². The lowest BCUT2D eigenvalue weighted by Crippen LogP contribution is -2.04. The van der Waals surface area contributed by atoms with E-state index in [9.17, 15) is 4.79 Å². The van der Waals surface area contributed by atoms with Gasteiger partial charge in [0.25, 0.3) is 0 Å². The van der Waals surface area contributed by atoms with Crippen molar-refractivity contribution in [3.8, 4) is 22.6 Å². The Morgan fingerprint density at radius 1 is 1.12 bits per heavy atom. The molecule has 0 bridgehead atoms. The highest BCUT2D eigenvalue weighted by Crippen LogP contribution is 2.32. The van der Waals surface area contributed by atoms with Crippen LogP contribution in [0.3, 0.4) is 0 Å². The van der Waals surface area contributed by atoms with Gasteiger partial charge in [0.1, 0.15) is 12.0 Å². The summed E-state index contributed by atoms with van der Waals surface area (Å²) in [6.07, 6.45) is 5.94. The maximum atomic E-state index is 11.9. The minimum absolute atomic E-state index is 0.324. The van der Waals surface area contributed by atoms with E-state index in [2.05, 4.69) is 48.3 Å². The lowest BCUT2D eigenvalue weighted by molar-refractivity contribution is -0.119. The highest BCUT2D eigenvalue weighted by Gasteiger charge is 2.28. The maximum absolute atomic E-state index is 11.9. The third kappa shape index (κ3) is 3.02. The predicted octanol–water partition coefficient (Wildman–Crippen LogP) is 4.84. The Morgan fingerprint density at radius 2 is 1.88 bits per heavy atom. The van der Waals surface area contributed by atoms with E-state index in [1.807, 2.05) is 6.07 Å². The predicted molar refractivity (Wildman–Crippen MR) is 93.5 cm³/mol. The Labute approximate surface area is 141 Å². The standard InChI is InChI=1S/C21H19NO2/c1-14-2-5-18(21-22-10-11-24-21)13-19(14)16-6-3-15(4-7-16)12-20(23)17-8-9-17/h2-7,10-11,13,17H,8-9,12H2,1H3. The summed E-state index contributed by atoms with van der Waals surface area (Å²) in [7, 11) is 0. The Balaban J connectivity index is 1.61. The molecule has 0 amide bonds. The Kier molecular flexibility index (Phi) is 3.77. The summed E-state index contributed by atoms with van der Waals surface area (Å²) in [6.45, 7) is 2.10. The summed E-state index contributed by atoms with van der Waals surface area (Å²) in [5, 5.41) is 0. The van der Waals surface area contributed by atoms with Crippen molar-refractivity contribution in [1.82, 2.24) is 4.98 Å². The van der Waals surface area contributed by atoms with Crippen molar-refractivity contribution in [2.24, 2.45) is 5.92 Å². The van der Waals surface area contributed by atoms with Crippen LogP contribution in [0, 0.1) is 12.8 Å². The number of ketones is 1. The zero-order valence-electron chi connectivity index (χ0n) is 13.7. The molecule has 120 valence electrons. The van der Waals surface area contributed by atoms with Crippen LogP contribution in [0.5, 0.6) is 0 Å². The largest absolute Gasteiger partial charge is 0.445 e. The van der Waals surface area contributed by atoms with Crippen LogP contribution in [-0.4, -0.2) is 10.8 Å². The average molecular weight is 317 g/mol. The minimum atomic E-state index is 0.324. The molecular weight excluding hydrogens is 298 g/mol. The molecule has 0 spiro atoms.